The number of rotatable bonds is 6. The summed E-state index contributed by atoms with van der Waals surface area (Å²) in [6.07, 6.45) is 0. The van der Waals surface area contributed by atoms with E-state index in [9.17, 15) is 0 Å². The highest BCUT2D eigenvalue weighted by Gasteiger charge is 2.42. The van der Waals surface area contributed by atoms with Crippen LogP contribution in [0.5, 0.6) is 0 Å². The molecule has 0 atom stereocenters. The number of fused-ring (bicyclic) bond motifs is 10. The van der Waals surface area contributed by atoms with Crippen molar-refractivity contribution < 1.29 is 8.22 Å². The quantitative estimate of drug-likeness (QED) is 0.123. The second kappa shape index (κ2) is 15.4. The van der Waals surface area contributed by atoms with Gasteiger partial charge in [0.1, 0.15) is 0 Å². The highest BCUT2D eigenvalue weighted by atomic mass is 32.1. The Labute approximate surface area is 415 Å². The topological polar surface area (TPSA) is 34.6 Å². The fraction of sp³-hybridized carbons (Fsp3) is 0.180. The Balaban J connectivity index is 1.15. The summed E-state index contributed by atoms with van der Waals surface area (Å²) in [5.74, 6) is 0. The summed E-state index contributed by atoms with van der Waals surface area (Å²) in [6, 6.07) is 58.2. The summed E-state index contributed by atoms with van der Waals surface area (Å²) >= 11 is 3.19. The van der Waals surface area contributed by atoms with Gasteiger partial charge in [0.2, 0.25) is 0 Å². The van der Waals surface area contributed by atoms with E-state index in [2.05, 4.69) is 191 Å². The molecule has 7 heteroatoms. The van der Waals surface area contributed by atoms with Crippen molar-refractivity contribution >= 4 is 104 Å². The monoisotopic (exact) mass is 940 g/mol. The lowest BCUT2D eigenvalue weighted by Gasteiger charge is -2.35. The molecular formula is C61H54N4S2Si. The summed E-state index contributed by atoms with van der Waals surface area (Å²) in [5.41, 5.74) is 11.4. The molecule has 0 aliphatic rings. The molecule has 12 rings (SSSR count). The second-order valence-corrected chi connectivity index (χ2v) is 26.1. The Morgan fingerprint density at radius 3 is 1.68 bits per heavy atom. The molecule has 8 aromatic carbocycles. The van der Waals surface area contributed by atoms with Crippen LogP contribution in [0.15, 0.2) is 164 Å². The van der Waals surface area contributed by atoms with Crippen LogP contribution in [-0.4, -0.2) is 26.8 Å². The zero-order valence-corrected chi connectivity index (χ0v) is 41.8. The molecule has 0 spiro atoms. The molecule has 12 aromatic rings. The number of imidazole rings is 2. The van der Waals surface area contributed by atoms with Gasteiger partial charge in [-0.05, 0) is 133 Å². The molecule has 0 aliphatic heterocycles. The Morgan fingerprint density at radius 1 is 0.485 bits per heavy atom. The van der Waals surface area contributed by atoms with Gasteiger partial charge in [0.05, 0.1) is 42.5 Å². The predicted octanol–water partition coefficient (Wildman–Crippen LogP) is 13.9. The van der Waals surface area contributed by atoms with E-state index in [0.29, 0.717) is 16.6 Å². The van der Waals surface area contributed by atoms with E-state index in [1.54, 1.807) is 28.7 Å². The van der Waals surface area contributed by atoms with E-state index in [-0.39, 0.29) is 11.0 Å². The molecule has 0 unspecified atom stereocenters. The molecule has 0 saturated carbocycles. The molecule has 68 heavy (non-hydrogen) atoms. The maximum atomic E-state index is 9.16. The number of para-hydroxylation sites is 2. The Bertz CT molecular complexity index is 4170. The lowest BCUT2D eigenvalue weighted by molar-refractivity contribution is 0.589. The first-order valence-electron chi connectivity index (χ1n) is 26.2. The number of thiazole rings is 2. The number of aryl methyl sites for hydroxylation is 3. The van der Waals surface area contributed by atoms with Gasteiger partial charge in [-0.1, -0.05) is 198 Å². The van der Waals surface area contributed by atoms with Crippen LogP contribution in [0.1, 0.15) is 77.6 Å². The van der Waals surface area contributed by atoms with Gasteiger partial charge in [0.15, 0.2) is 18.0 Å². The molecule has 0 fully saturated rings. The van der Waals surface area contributed by atoms with Crippen LogP contribution in [-0.2, 0) is 10.8 Å². The predicted molar refractivity (Wildman–Crippen MR) is 296 cm³/mol. The number of benzene rings is 8. The van der Waals surface area contributed by atoms with E-state index in [1.165, 1.54) is 15.6 Å². The van der Waals surface area contributed by atoms with Crippen LogP contribution in [0.25, 0.3) is 74.7 Å². The van der Waals surface area contributed by atoms with Gasteiger partial charge in [-0.3, -0.25) is 8.80 Å². The van der Waals surface area contributed by atoms with Crippen molar-refractivity contribution in [3.05, 3.63) is 192 Å². The van der Waals surface area contributed by atoms with Crippen molar-refractivity contribution in [2.75, 3.05) is 0 Å². The second-order valence-electron chi connectivity index (χ2n) is 20.3. The average molecular weight is 941 g/mol. The molecule has 0 amide bonds. The normalized spacial score (nSPS) is 14.5. The molecule has 4 heterocycles. The number of aromatic nitrogens is 4. The lowest BCUT2D eigenvalue weighted by Crippen LogP contribution is -2.74. The van der Waals surface area contributed by atoms with E-state index in [1.807, 2.05) is 24.3 Å². The minimum atomic E-state index is -3.26. The summed E-state index contributed by atoms with van der Waals surface area (Å²) in [6.45, 7) is 10.5. The molecule has 4 aromatic heterocycles. The van der Waals surface area contributed by atoms with Crippen molar-refractivity contribution in [1.29, 1.82) is 0 Å². The summed E-state index contributed by atoms with van der Waals surface area (Å²) in [5, 5.41) is 4.80. The molecule has 0 aliphatic carbocycles. The van der Waals surface area contributed by atoms with Gasteiger partial charge in [-0.15, -0.1) is 0 Å². The van der Waals surface area contributed by atoms with E-state index < -0.39 is 27.2 Å². The molecule has 0 bridgehead atoms. The minimum Gasteiger partial charge on any atom is -0.283 e. The lowest BCUT2D eigenvalue weighted by atomic mass is 9.78. The maximum absolute atomic E-state index is 9.16. The highest BCUT2D eigenvalue weighted by Crippen LogP contribution is 2.45. The smallest absolute Gasteiger partial charge is 0.195 e. The van der Waals surface area contributed by atoms with Gasteiger partial charge >= 0.3 is 0 Å². The van der Waals surface area contributed by atoms with Gasteiger partial charge in [-0.25, -0.2) is 9.97 Å². The number of hydrogen-bond donors (Lipinski definition) is 0. The largest absolute Gasteiger partial charge is 0.283 e. The van der Waals surface area contributed by atoms with Crippen molar-refractivity contribution in [3.8, 4) is 22.3 Å². The van der Waals surface area contributed by atoms with Crippen molar-refractivity contribution in [1.82, 2.24) is 18.8 Å². The van der Waals surface area contributed by atoms with Crippen LogP contribution >= 0.6 is 22.7 Å². The average Bonchev–Trinajstić information content (AvgIpc) is 4.12. The Kier molecular flexibility index (Phi) is 8.27. The third-order valence-corrected chi connectivity index (χ3v) is 20.8. The summed E-state index contributed by atoms with van der Waals surface area (Å²) < 4.78 is 59.2. The van der Waals surface area contributed by atoms with E-state index in [0.717, 1.165) is 85.5 Å². The first-order chi connectivity index (χ1) is 35.2. The molecule has 4 nitrogen and oxygen atoms in total. The van der Waals surface area contributed by atoms with Crippen molar-refractivity contribution in [2.45, 2.75) is 73.0 Å². The van der Waals surface area contributed by atoms with Crippen LogP contribution < -0.4 is 20.7 Å². The molecule has 0 N–H and O–H groups in total. The van der Waals surface area contributed by atoms with E-state index >= 15 is 0 Å². The molecule has 0 radical (unpaired) electrons. The Hall–Kier alpha value is -6.64. The first kappa shape index (κ1) is 36.4. The number of hydrogen-bond acceptors (Lipinski definition) is 4. The summed E-state index contributed by atoms with van der Waals surface area (Å²) in [7, 11) is -3.26. The SMILES string of the molecule is [2H]C([2H])([2H])c1c(C(C)(C)C)c(-c2cccc([Si](c3ccccc3)(c3ccccc3)c3cccc(-c4cc(C)c5sc6nc7c(C([2H])([2H])[2H])cccc7n6c5c4C(C)(C)C)c3)c2)cc2c1nc1sc3ccccc3n12. The van der Waals surface area contributed by atoms with Gasteiger partial charge < -0.3 is 0 Å². The third-order valence-electron chi connectivity index (χ3n) is 13.9. The third kappa shape index (κ3) is 6.35. The van der Waals surface area contributed by atoms with Crippen molar-refractivity contribution in [2.24, 2.45) is 0 Å². The molecular weight excluding hydrogens is 881 g/mol. The maximum Gasteiger partial charge on any atom is 0.195 e. The highest BCUT2D eigenvalue weighted by molar-refractivity contribution is 7.24. The van der Waals surface area contributed by atoms with Crippen LogP contribution in [0.2, 0.25) is 0 Å². The van der Waals surface area contributed by atoms with Gasteiger partial charge in [0.25, 0.3) is 0 Å². The van der Waals surface area contributed by atoms with Crippen LogP contribution in [0.4, 0.5) is 0 Å². The molecule has 0 saturated heterocycles. The standard InChI is InChI=1S/C61H54N4S2Si/c1-37-21-18-31-49-54(37)62-59-65(49)56-53(61(7,8)9)46(33-38(2)57(56)67-59)40-22-19-28-44(34-40)68(42-24-12-10-13-25-42,43-26-14-11-15-27-43)45-29-20-23-41(35-45)47-36-50-55(39(3)52(47)60(4,5)6)63-58-64(50)48-30-16-17-32-51(48)66-58/h10-36H,1-9H3/i1D3,3D3. The zero-order valence-electron chi connectivity index (χ0n) is 45.2. The molecule has 334 valence electrons. The van der Waals surface area contributed by atoms with Crippen LogP contribution in [0, 0.1) is 20.6 Å². The van der Waals surface area contributed by atoms with Crippen LogP contribution in [0.3, 0.4) is 0 Å². The number of nitrogens with zero attached hydrogens (tertiary/aromatic N) is 4. The fourth-order valence-electron chi connectivity index (χ4n) is 11.1. The van der Waals surface area contributed by atoms with Crippen molar-refractivity contribution in [3.63, 3.8) is 0 Å². The van der Waals surface area contributed by atoms with E-state index in [4.69, 9.17) is 18.2 Å². The summed E-state index contributed by atoms with van der Waals surface area (Å²) in [4.78, 5) is 11.7. The first-order valence-corrected chi connectivity index (χ1v) is 26.9. The van der Waals surface area contributed by atoms with Gasteiger partial charge in [0, 0.05) is 8.22 Å². The Morgan fingerprint density at radius 2 is 1.04 bits per heavy atom. The zero-order chi connectivity index (χ0) is 51.9. The fourth-order valence-corrected chi connectivity index (χ4v) is 18.1. The minimum absolute atomic E-state index is 0.257. The van der Waals surface area contributed by atoms with Gasteiger partial charge in [-0.2, -0.15) is 0 Å².